The van der Waals surface area contributed by atoms with Crippen molar-refractivity contribution in [2.75, 3.05) is 0 Å². The molecule has 0 unspecified atom stereocenters. The number of hydrogen-bond acceptors (Lipinski definition) is 5. The van der Waals surface area contributed by atoms with Gasteiger partial charge in [0.1, 0.15) is 11.2 Å². The van der Waals surface area contributed by atoms with Crippen LogP contribution in [-0.4, -0.2) is 19.5 Å². The number of nitrogens with zero attached hydrogens (tertiary/aromatic N) is 4. The smallest absolute Gasteiger partial charge is 0.238 e. The molecule has 0 fully saturated rings. The van der Waals surface area contributed by atoms with Crippen molar-refractivity contribution in [3.8, 4) is 39.9 Å². The molecule has 9 aromatic carbocycles. The molecule has 0 radical (unpaired) electrons. The number of aromatic nitrogens is 4. The quantitative estimate of drug-likeness (QED) is 0.177. The van der Waals surface area contributed by atoms with E-state index in [4.69, 9.17) is 19.4 Å². The van der Waals surface area contributed by atoms with E-state index in [2.05, 4.69) is 187 Å². The Morgan fingerprint density at radius 1 is 0.381 bits per heavy atom. The summed E-state index contributed by atoms with van der Waals surface area (Å²) < 4.78 is 11.7. The number of thiophene rings is 1. The average Bonchev–Trinajstić information content (AvgIpc) is 3.91. The predicted molar refractivity (Wildman–Crippen MR) is 263 cm³/mol. The molecule has 4 aromatic heterocycles. The zero-order chi connectivity index (χ0) is 41.4. The van der Waals surface area contributed by atoms with Crippen LogP contribution < -0.4 is 0 Å². The van der Waals surface area contributed by atoms with E-state index in [1.54, 1.807) is 11.3 Å². The molecule has 0 bridgehead atoms. The van der Waals surface area contributed by atoms with Crippen LogP contribution in [0.1, 0.15) is 0 Å². The van der Waals surface area contributed by atoms with Gasteiger partial charge in [0.25, 0.3) is 0 Å². The van der Waals surface area contributed by atoms with Crippen molar-refractivity contribution in [1.82, 2.24) is 19.5 Å². The lowest BCUT2D eigenvalue weighted by Gasteiger charge is -2.13. The third-order valence-corrected chi connectivity index (χ3v) is 13.5. The van der Waals surface area contributed by atoms with E-state index in [0.29, 0.717) is 17.6 Å². The van der Waals surface area contributed by atoms with E-state index >= 15 is 0 Å². The van der Waals surface area contributed by atoms with Gasteiger partial charge in [-0.05, 0) is 63.7 Å². The Hall–Kier alpha value is -8.19. The van der Waals surface area contributed by atoms with Gasteiger partial charge in [-0.25, -0.2) is 4.98 Å². The highest BCUT2D eigenvalue weighted by molar-refractivity contribution is 7.26. The molecule has 0 atom stereocenters. The minimum atomic E-state index is 0.537. The molecule has 0 saturated carbocycles. The highest BCUT2D eigenvalue weighted by Gasteiger charge is 2.22. The highest BCUT2D eigenvalue weighted by atomic mass is 32.1. The fourth-order valence-electron chi connectivity index (χ4n) is 9.46. The topological polar surface area (TPSA) is 56.7 Å². The molecule has 0 spiro atoms. The molecule has 0 aliphatic rings. The lowest BCUT2D eigenvalue weighted by atomic mass is 9.97. The standard InChI is InChI=1S/C57H34N4OS/c1-3-16-35(17-4-1)37-30-33-50-47(34-37)52-43(39-21-8-7-20-38(39)41-23-10-13-28-49(41)62-50)31-32-44-40-22-9-12-27-48(40)61(53(44)52)57-59-55(36-18-5-2-6-19-36)58-56(60-57)46-26-15-25-45-42-24-11-14-29-51(42)63-54(45)46/h1-34H. The van der Waals surface area contributed by atoms with Crippen molar-refractivity contribution in [1.29, 1.82) is 0 Å². The highest BCUT2D eigenvalue weighted by Crippen LogP contribution is 2.43. The molecule has 6 heteroatoms. The summed E-state index contributed by atoms with van der Waals surface area (Å²) in [6, 6.07) is 72.6. The first-order valence-corrected chi connectivity index (χ1v) is 21.9. The summed E-state index contributed by atoms with van der Waals surface area (Å²) in [6.07, 6.45) is 0. The summed E-state index contributed by atoms with van der Waals surface area (Å²) in [5.41, 5.74) is 7.65. The van der Waals surface area contributed by atoms with Crippen molar-refractivity contribution < 1.29 is 4.42 Å². The van der Waals surface area contributed by atoms with E-state index in [1.807, 2.05) is 24.3 Å². The third kappa shape index (κ3) is 5.66. The van der Waals surface area contributed by atoms with Crippen LogP contribution in [0.5, 0.6) is 0 Å². The minimum absolute atomic E-state index is 0.537. The molecule has 0 aliphatic carbocycles. The average molecular weight is 823 g/mol. The molecule has 5 nitrogen and oxygen atoms in total. The first-order valence-electron chi connectivity index (χ1n) is 21.1. The lowest BCUT2D eigenvalue weighted by Crippen LogP contribution is -2.06. The Morgan fingerprint density at radius 3 is 1.83 bits per heavy atom. The van der Waals surface area contributed by atoms with E-state index in [0.717, 1.165) is 92.2 Å². The normalized spacial score (nSPS) is 11.8. The molecular formula is C57H34N4OS. The van der Waals surface area contributed by atoms with Gasteiger partial charge in [-0.1, -0.05) is 170 Å². The Balaban J connectivity index is 1.25. The van der Waals surface area contributed by atoms with E-state index < -0.39 is 0 Å². The number of hydrogen-bond donors (Lipinski definition) is 0. The Bertz CT molecular complexity index is 4040. The maximum atomic E-state index is 7.11. The van der Waals surface area contributed by atoms with Gasteiger partial charge in [0.05, 0.1) is 11.0 Å². The van der Waals surface area contributed by atoms with Crippen molar-refractivity contribution in [2.45, 2.75) is 0 Å². The number of rotatable bonds is 4. The lowest BCUT2D eigenvalue weighted by molar-refractivity contribution is 0.663. The van der Waals surface area contributed by atoms with Crippen LogP contribution in [-0.2, 0) is 0 Å². The molecule has 13 rings (SSSR count). The van der Waals surface area contributed by atoms with Gasteiger partial charge < -0.3 is 4.42 Å². The molecule has 294 valence electrons. The summed E-state index contributed by atoms with van der Waals surface area (Å²) in [5, 5.41) is 10.9. The van der Waals surface area contributed by atoms with Gasteiger partial charge in [-0.2, -0.15) is 9.97 Å². The van der Waals surface area contributed by atoms with E-state index in [9.17, 15) is 0 Å². The van der Waals surface area contributed by atoms with E-state index in [1.165, 1.54) is 15.5 Å². The van der Waals surface area contributed by atoms with Crippen LogP contribution in [0.3, 0.4) is 0 Å². The Labute approximate surface area is 365 Å². The van der Waals surface area contributed by atoms with E-state index in [-0.39, 0.29) is 0 Å². The van der Waals surface area contributed by atoms with Gasteiger partial charge in [0.15, 0.2) is 11.6 Å². The van der Waals surface area contributed by atoms with Crippen LogP contribution in [0.25, 0.3) is 125 Å². The van der Waals surface area contributed by atoms with Gasteiger partial charge in [-0.3, -0.25) is 4.57 Å². The fraction of sp³-hybridized carbons (Fsp3) is 0. The number of fused-ring (bicyclic) bond motifs is 14. The molecule has 0 aliphatic heterocycles. The van der Waals surface area contributed by atoms with Crippen molar-refractivity contribution in [3.05, 3.63) is 206 Å². The summed E-state index contributed by atoms with van der Waals surface area (Å²) in [6.45, 7) is 0. The zero-order valence-corrected chi connectivity index (χ0v) is 34.6. The second-order valence-electron chi connectivity index (χ2n) is 15.9. The summed E-state index contributed by atoms with van der Waals surface area (Å²) >= 11 is 1.78. The predicted octanol–water partition coefficient (Wildman–Crippen LogP) is 15.7. The van der Waals surface area contributed by atoms with Crippen molar-refractivity contribution in [2.24, 2.45) is 0 Å². The van der Waals surface area contributed by atoms with Gasteiger partial charge in [0, 0.05) is 58.2 Å². The molecule has 4 heterocycles. The second-order valence-corrected chi connectivity index (χ2v) is 16.9. The molecule has 0 N–H and O–H groups in total. The summed E-state index contributed by atoms with van der Waals surface area (Å²) in [7, 11) is 0. The second kappa shape index (κ2) is 14.2. The molecule has 0 amide bonds. The molecule has 13 aromatic rings. The number of para-hydroxylation sites is 2. The first-order chi connectivity index (χ1) is 31.2. The monoisotopic (exact) mass is 822 g/mol. The van der Waals surface area contributed by atoms with Gasteiger partial charge in [0.2, 0.25) is 5.95 Å². The van der Waals surface area contributed by atoms with Gasteiger partial charge in [-0.15, -0.1) is 11.3 Å². The number of benzene rings is 9. The van der Waals surface area contributed by atoms with Crippen LogP contribution >= 0.6 is 11.3 Å². The Morgan fingerprint density at radius 2 is 1.00 bits per heavy atom. The summed E-state index contributed by atoms with van der Waals surface area (Å²) in [4.78, 5) is 16.2. The summed E-state index contributed by atoms with van der Waals surface area (Å²) in [5.74, 6) is 1.76. The third-order valence-electron chi connectivity index (χ3n) is 12.3. The van der Waals surface area contributed by atoms with Crippen LogP contribution in [0.15, 0.2) is 211 Å². The first kappa shape index (κ1) is 35.6. The van der Waals surface area contributed by atoms with Crippen molar-refractivity contribution >= 4 is 96.8 Å². The van der Waals surface area contributed by atoms with Crippen LogP contribution in [0.4, 0.5) is 0 Å². The maximum Gasteiger partial charge on any atom is 0.238 e. The fourth-order valence-corrected chi connectivity index (χ4v) is 10.7. The molecular weight excluding hydrogens is 789 g/mol. The Kier molecular flexibility index (Phi) is 8.01. The van der Waals surface area contributed by atoms with Crippen LogP contribution in [0.2, 0.25) is 0 Å². The molecule has 63 heavy (non-hydrogen) atoms. The largest absolute Gasteiger partial charge is 0.456 e. The maximum absolute atomic E-state index is 7.11. The minimum Gasteiger partial charge on any atom is -0.456 e. The zero-order valence-electron chi connectivity index (χ0n) is 33.7. The SMILES string of the molecule is c1ccc(-c2ccc3oc4ccccc4c4ccccc4c4ccc5c6ccccc6n(-c6nc(-c7ccccc7)nc(-c7cccc8c7sc7ccccc78)n6)c5c4c3c2)cc1. The molecule has 0 saturated heterocycles. The van der Waals surface area contributed by atoms with Crippen LogP contribution in [0, 0.1) is 0 Å². The van der Waals surface area contributed by atoms with Gasteiger partial charge >= 0.3 is 0 Å². The van der Waals surface area contributed by atoms with Crippen molar-refractivity contribution in [3.63, 3.8) is 0 Å².